The maximum Gasteiger partial charge on any atom is 0.257 e. The lowest BCUT2D eigenvalue weighted by Gasteiger charge is -2.34. The van der Waals surface area contributed by atoms with Crippen LogP contribution in [0, 0.1) is 5.92 Å². The van der Waals surface area contributed by atoms with Crippen LogP contribution < -0.4 is 4.74 Å². The van der Waals surface area contributed by atoms with Gasteiger partial charge in [0, 0.05) is 44.5 Å². The summed E-state index contributed by atoms with van der Waals surface area (Å²) in [5, 5.41) is 4.83. The largest absolute Gasteiger partial charge is 0.497 e. The minimum Gasteiger partial charge on any atom is -0.497 e. The smallest absolute Gasteiger partial charge is 0.257 e. The van der Waals surface area contributed by atoms with Crippen molar-refractivity contribution in [3.8, 4) is 17.0 Å². The number of piperazine rings is 1. The molecule has 2 heterocycles. The van der Waals surface area contributed by atoms with E-state index in [0.29, 0.717) is 17.8 Å². The van der Waals surface area contributed by atoms with E-state index in [2.05, 4.69) is 17.0 Å². The van der Waals surface area contributed by atoms with Crippen molar-refractivity contribution in [2.45, 2.75) is 19.4 Å². The third-order valence-corrected chi connectivity index (χ3v) is 6.40. The Labute approximate surface area is 189 Å². The predicted octanol–water partition coefficient (Wildman–Crippen LogP) is 3.77. The summed E-state index contributed by atoms with van der Waals surface area (Å²) in [7, 11) is 1.65. The van der Waals surface area contributed by atoms with Crippen LogP contribution >= 0.6 is 0 Å². The molecule has 3 aromatic rings. The molecule has 1 amide bonds. The minimum atomic E-state index is 0.0632. The summed E-state index contributed by atoms with van der Waals surface area (Å²) < 4.78 is 7.28. The Morgan fingerprint density at radius 1 is 1.03 bits per heavy atom. The molecular formula is C26H30N4O2. The van der Waals surface area contributed by atoms with Crippen molar-refractivity contribution >= 4 is 5.91 Å². The van der Waals surface area contributed by atoms with Crippen molar-refractivity contribution in [2.75, 3.05) is 39.8 Å². The highest BCUT2D eigenvalue weighted by molar-refractivity contribution is 6.00. The van der Waals surface area contributed by atoms with E-state index >= 15 is 0 Å². The molecule has 6 heteroatoms. The topological polar surface area (TPSA) is 50.6 Å². The van der Waals surface area contributed by atoms with Gasteiger partial charge >= 0.3 is 0 Å². The van der Waals surface area contributed by atoms with E-state index < -0.39 is 0 Å². The first-order valence-corrected chi connectivity index (χ1v) is 11.5. The molecule has 1 saturated carbocycles. The third-order valence-electron chi connectivity index (χ3n) is 6.40. The highest BCUT2D eigenvalue weighted by atomic mass is 16.5. The second kappa shape index (κ2) is 9.17. The van der Waals surface area contributed by atoms with Gasteiger partial charge in [-0.25, -0.2) is 0 Å². The molecule has 1 aromatic heterocycles. The van der Waals surface area contributed by atoms with Gasteiger partial charge in [-0.3, -0.25) is 14.4 Å². The summed E-state index contributed by atoms with van der Waals surface area (Å²) in [6, 6.07) is 18.0. The highest BCUT2D eigenvalue weighted by Gasteiger charge is 2.29. The number of benzene rings is 2. The molecule has 1 aliphatic heterocycles. The zero-order valence-corrected chi connectivity index (χ0v) is 18.6. The Bertz CT molecular complexity index is 1070. The molecule has 1 aliphatic carbocycles. The van der Waals surface area contributed by atoms with E-state index in [4.69, 9.17) is 9.84 Å². The van der Waals surface area contributed by atoms with Crippen molar-refractivity contribution < 1.29 is 9.53 Å². The summed E-state index contributed by atoms with van der Waals surface area (Å²) in [4.78, 5) is 18.1. The molecule has 0 atom stereocenters. The standard InChI is InChI=1S/C26H30N4O2/c1-32-23-9-5-8-22(16-23)25-24(19-30(27-25)18-20-6-3-2-4-7-20)26(31)29-14-12-28(13-15-29)17-21-10-11-21/h2-9,16,19,21H,10-15,17-18H2,1H3. The zero-order valence-electron chi connectivity index (χ0n) is 18.6. The van der Waals surface area contributed by atoms with Crippen molar-refractivity contribution in [2.24, 2.45) is 5.92 Å². The van der Waals surface area contributed by atoms with Crippen molar-refractivity contribution in [3.05, 3.63) is 71.9 Å². The molecule has 2 fully saturated rings. The number of rotatable bonds is 7. The van der Waals surface area contributed by atoms with Gasteiger partial charge in [0.05, 0.1) is 19.2 Å². The van der Waals surface area contributed by atoms with E-state index in [1.807, 2.05) is 58.2 Å². The molecule has 32 heavy (non-hydrogen) atoms. The van der Waals surface area contributed by atoms with Gasteiger partial charge in [0.1, 0.15) is 11.4 Å². The summed E-state index contributed by atoms with van der Waals surface area (Å²) in [6.07, 6.45) is 4.63. The number of hydrogen-bond donors (Lipinski definition) is 0. The summed E-state index contributed by atoms with van der Waals surface area (Å²) in [5.41, 5.74) is 3.42. The van der Waals surface area contributed by atoms with Gasteiger partial charge in [-0.2, -0.15) is 5.10 Å². The molecular weight excluding hydrogens is 400 g/mol. The lowest BCUT2D eigenvalue weighted by atomic mass is 10.1. The summed E-state index contributed by atoms with van der Waals surface area (Å²) in [6.45, 7) is 5.26. The number of methoxy groups -OCH3 is 1. The quantitative estimate of drug-likeness (QED) is 0.573. The van der Waals surface area contributed by atoms with E-state index in [9.17, 15) is 4.79 Å². The summed E-state index contributed by atoms with van der Waals surface area (Å²) in [5.74, 6) is 1.70. The molecule has 0 spiro atoms. The first-order valence-electron chi connectivity index (χ1n) is 11.5. The Balaban J connectivity index is 1.40. The number of ether oxygens (including phenoxy) is 1. The maximum atomic E-state index is 13.6. The molecule has 2 aliphatic rings. The third kappa shape index (κ3) is 4.70. The predicted molar refractivity (Wildman–Crippen MR) is 125 cm³/mol. The number of aromatic nitrogens is 2. The molecule has 0 bridgehead atoms. The van der Waals surface area contributed by atoms with Crippen LogP contribution in [0.15, 0.2) is 60.8 Å². The van der Waals surface area contributed by atoms with Gasteiger partial charge in [-0.1, -0.05) is 42.5 Å². The van der Waals surface area contributed by atoms with Gasteiger partial charge in [0.2, 0.25) is 0 Å². The van der Waals surface area contributed by atoms with Crippen molar-refractivity contribution in [3.63, 3.8) is 0 Å². The van der Waals surface area contributed by atoms with Crippen LogP contribution in [0.1, 0.15) is 28.8 Å². The molecule has 0 unspecified atom stereocenters. The van der Waals surface area contributed by atoms with Gasteiger partial charge < -0.3 is 9.64 Å². The lowest BCUT2D eigenvalue weighted by Crippen LogP contribution is -2.49. The number of hydrogen-bond acceptors (Lipinski definition) is 4. The number of carbonyl (C=O) groups is 1. The highest BCUT2D eigenvalue weighted by Crippen LogP contribution is 2.30. The second-order valence-corrected chi connectivity index (χ2v) is 8.84. The van der Waals surface area contributed by atoms with E-state index in [1.165, 1.54) is 19.4 Å². The lowest BCUT2D eigenvalue weighted by molar-refractivity contribution is 0.0632. The monoisotopic (exact) mass is 430 g/mol. The Kier molecular flexibility index (Phi) is 5.95. The fourth-order valence-corrected chi connectivity index (χ4v) is 4.38. The zero-order chi connectivity index (χ0) is 21.9. The maximum absolute atomic E-state index is 13.6. The SMILES string of the molecule is COc1cccc(-c2nn(Cc3ccccc3)cc2C(=O)N2CCN(CC3CC3)CC2)c1. The molecule has 166 valence electrons. The Hall–Kier alpha value is -3.12. The normalized spacial score (nSPS) is 16.8. The van der Waals surface area contributed by atoms with E-state index in [-0.39, 0.29) is 5.91 Å². The van der Waals surface area contributed by atoms with Crippen LogP contribution in [0.25, 0.3) is 11.3 Å². The van der Waals surface area contributed by atoms with Crippen LogP contribution in [-0.2, 0) is 6.54 Å². The number of carbonyl (C=O) groups excluding carboxylic acids is 1. The molecule has 2 aromatic carbocycles. The van der Waals surface area contributed by atoms with Gasteiger partial charge in [0.25, 0.3) is 5.91 Å². The van der Waals surface area contributed by atoms with Gasteiger partial charge in [0.15, 0.2) is 0 Å². The average Bonchev–Trinajstić information content (AvgIpc) is 3.56. The van der Waals surface area contributed by atoms with Crippen LogP contribution in [-0.4, -0.2) is 65.3 Å². The van der Waals surface area contributed by atoms with Crippen LogP contribution in [0.4, 0.5) is 0 Å². The first kappa shape index (κ1) is 20.8. The average molecular weight is 431 g/mol. The molecule has 0 radical (unpaired) electrons. The Morgan fingerprint density at radius 3 is 2.53 bits per heavy atom. The molecule has 5 rings (SSSR count). The Morgan fingerprint density at radius 2 is 1.81 bits per heavy atom. The van der Waals surface area contributed by atoms with Gasteiger partial charge in [-0.05, 0) is 36.5 Å². The number of nitrogens with zero attached hydrogens (tertiary/aromatic N) is 4. The second-order valence-electron chi connectivity index (χ2n) is 8.84. The van der Waals surface area contributed by atoms with Gasteiger partial charge in [-0.15, -0.1) is 0 Å². The first-order chi connectivity index (χ1) is 15.7. The van der Waals surface area contributed by atoms with Crippen LogP contribution in [0.5, 0.6) is 5.75 Å². The fraction of sp³-hybridized carbons (Fsp3) is 0.385. The fourth-order valence-electron chi connectivity index (χ4n) is 4.38. The van der Waals surface area contributed by atoms with Crippen molar-refractivity contribution in [1.29, 1.82) is 0 Å². The van der Waals surface area contributed by atoms with Crippen LogP contribution in [0.3, 0.4) is 0 Å². The molecule has 0 N–H and O–H groups in total. The minimum absolute atomic E-state index is 0.0632. The summed E-state index contributed by atoms with van der Waals surface area (Å²) >= 11 is 0. The van der Waals surface area contributed by atoms with Crippen LogP contribution in [0.2, 0.25) is 0 Å². The molecule has 6 nitrogen and oxygen atoms in total. The van der Waals surface area contributed by atoms with E-state index in [1.54, 1.807) is 7.11 Å². The van der Waals surface area contributed by atoms with E-state index in [0.717, 1.165) is 49.0 Å². The van der Waals surface area contributed by atoms with Crippen molar-refractivity contribution in [1.82, 2.24) is 19.6 Å². The number of amides is 1. The molecule has 1 saturated heterocycles.